The number of pyridine rings is 6. The number of nitrogens with zero attached hydrogens (tertiary/aromatic N) is 11. The molecule has 0 radical (unpaired) electrons. The number of aromatic amines is 2. The van der Waals surface area contributed by atoms with Crippen LogP contribution in [0.2, 0.25) is 0 Å². The van der Waals surface area contributed by atoms with Gasteiger partial charge in [-0.1, -0.05) is 42.5 Å². The molecule has 0 unspecified atom stereocenters. The van der Waals surface area contributed by atoms with Crippen LogP contribution in [0.25, 0.3) is 77.7 Å². The molecule has 13 rings (SSSR count). The number of aromatic nitrogens is 13. The monoisotopic (exact) mass is 1180 g/mol. The number of carbonyl (C=O) groups is 2. The fourth-order valence-electron chi connectivity index (χ4n) is 8.27. The molecule has 0 aliphatic rings. The summed E-state index contributed by atoms with van der Waals surface area (Å²) in [4.78, 5) is 71.1. The van der Waals surface area contributed by atoms with Crippen LogP contribution in [-0.4, -0.2) is 99.2 Å². The minimum absolute atomic E-state index is 0.0897. The Hall–Kier alpha value is -10.2. The summed E-state index contributed by atoms with van der Waals surface area (Å²) in [5.41, 5.74) is 12.1. The summed E-state index contributed by atoms with van der Waals surface area (Å²) in [6.07, 6.45) is 27.3. The number of hydrogen-bond donors (Lipinski definition) is 6. The Kier molecular flexibility index (Phi) is 20.0. The van der Waals surface area contributed by atoms with Crippen LogP contribution in [-0.2, 0) is 16.1 Å². The van der Waals surface area contributed by atoms with Crippen molar-refractivity contribution in [3.05, 3.63) is 237 Å². The number of amides is 2. The number of hydrogen-bond acceptors (Lipinski definition) is 14. The minimum atomic E-state index is -1.38. The van der Waals surface area contributed by atoms with Crippen molar-refractivity contribution in [2.75, 3.05) is 16.5 Å². The largest absolute Gasteiger partial charge is 0.488 e. The molecule has 19 nitrogen and oxygen atoms in total. The van der Waals surface area contributed by atoms with Gasteiger partial charge < -0.3 is 35.2 Å². The van der Waals surface area contributed by atoms with E-state index in [4.69, 9.17) is 21.6 Å². The summed E-state index contributed by atoms with van der Waals surface area (Å²) in [6, 6.07) is 40.8. The van der Waals surface area contributed by atoms with Gasteiger partial charge in [-0.3, -0.25) is 39.5 Å². The lowest BCUT2D eigenvalue weighted by molar-refractivity contribution is -0.116. The SMILES string of the molecule is Brc1ccnc2[nH]ccc12.Cc1cc(-c2cccc3c2ccn3CC(=O)Nc2ccc(-c3cnccn3)cn2)ccn1.O=C(CCl)Nc1ccc(-c2cnccn2)cn1.OB(O)c1ccncc1.c1ccc(-c2ccnc3[nH]ccc23)cc1. The topological polar surface area (TPSA) is 264 Å². The van der Waals surface area contributed by atoms with E-state index in [9.17, 15) is 9.59 Å². The summed E-state index contributed by atoms with van der Waals surface area (Å²) in [7, 11) is -1.38. The lowest BCUT2D eigenvalue weighted by Gasteiger charge is -2.09. The van der Waals surface area contributed by atoms with Gasteiger partial charge in [-0.15, -0.1) is 11.6 Å². The van der Waals surface area contributed by atoms with Gasteiger partial charge in [0.2, 0.25) is 11.8 Å². The van der Waals surface area contributed by atoms with Crippen LogP contribution >= 0.6 is 27.5 Å². The number of alkyl halides is 1. The number of halogens is 2. The van der Waals surface area contributed by atoms with Gasteiger partial charge in [0.15, 0.2) is 0 Å². The van der Waals surface area contributed by atoms with Crippen molar-refractivity contribution in [2.24, 2.45) is 0 Å². The van der Waals surface area contributed by atoms with Crippen molar-refractivity contribution < 1.29 is 19.6 Å². The summed E-state index contributed by atoms with van der Waals surface area (Å²) < 4.78 is 3.02. The standard InChI is InChI=1S/C25H20N6O.C13H10N2.C11H9ClN4O.C7H5BrN2.C5H6BNO2/c1-17-13-18(7-9-27-17)20-3-2-4-23-21(20)8-12-31(23)16-25(32)30-24-6-5-19(14-29-24)22-15-26-10-11-28-22;1-2-4-10(5-3-1)11-6-8-14-13-12(11)7-9-15-13;12-5-11(17)16-10-2-1-8(6-15-10)9-7-13-3-4-14-9;8-6-2-4-10-7-5(6)1-3-9-7;8-6(9)5-1-3-7-4-2-5/h2-15H,16H2,1H3,(H,29,30,32);1-9H,(H,14,15);1-4,6-7H,5H2,(H,15,16,17);1-4H,(H,9,10);1-4,8-9H. The van der Waals surface area contributed by atoms with Gasteiger partial charge in [0.1, 0.15) is 35.4 Å². The number of fused-ring (bicyclic) bond motifs is 3. The number of benzene rings is 2. The molecule has 0 bridgehead atoms. The van der Waals surface area contributed by atoms with Crippen molar-refractivity contribution in [1.29, 1.82) is 0 Å². The molecule has 0 fully saturated rings. The number of H-pyrrole nitrogens is 2. The normalized spacial score (nSPS) is 10.4. The minimum Gasteiger partial charge on any atom is -0.423 e. The Labute approximate surface area is 489 Å². The Balaban J connectivity index is 0.000000137. The number of nitrogens with one attached hydrogen (secondary N) is 4. The van der Waals surface area contributed by atoms with E-state index in [1.165, 1.54) is 28.9 Å². The van der Waals surface area contributed by atoms with E-state index in [0.717, 1.165) is 71.4 Å². The Morgan fingerprint density at radius 3 is 1.73 bits per heavy atom. The molecule has 6 N–H and O–H groups in total. The van der Waals surface area contributed by atoms with Gasteiger partial charge in [-0.25, -0.2) is 19.9 Å². The molecular weight excluding hydrogens is 1130 g/mol. The molecule has 0 saturated carbocycles. The molecule has 11 aromatic heterocycles. The van der Waals surface area contributed by atoms with Crippen LogP contribution in [0.4, 0.5) is 11.6 Å². The van der Waals surface area contributed by atoms with Crippen LogP contribution < -0.4 is 16.1 Å². The average molecular weight is 1180 g/mol. The number of anilines is 2. The number of rotatable bonds is 10. The fourth-order valence-corrected chi connectivity index (χ4v) is 8.77. The molecule has 410 valence electrons. The quantitative estimate of drug-likeness (QED) is 0.0550. The molecule has 0 spiro atoms. The van der Waals surface area contributed by atoms with Crippen molar-refractivity contribution >= 4 is 96.5 Å². The Bertz CT molecular complexity index is 4170. The van der Waals surface area contributed by atoms with E-state index in [2.05, 4.69) is 117 Å². The predicted molar refractivity (Wildman–Crippen MR) is 328 cm³/mol. The first-order valence-corrected chi connectivity index (χ1v) is 26.9. The molecule has 0 saturated heterocycles. The maximum Gasteiger partial charge on any atom is 0.488 e. The second-order valence-electron chi connectivity index (χ2n) is 17.8. The summed E-state index contributed by atoms with van der Waals surface area (Å²) in [5.74, 6) is 0.433. The fraction of sp³-hybridized carbons (Fsp3) is 0.0492. The first-order chi connectivity index (χ1) is 40.6. The first kappa shape index (κ1) is 57.5. The zero-order chi connectivity index (χ0) is 57.8. The maximum atomic E-state index is 12.7. The molecule has 0 atom stereocenters. The van der Waals surface area contributed by atoms with Crippen LogP contribution in [0.3, 0.4) is 0 Å². The van der Waals surface area contributed by atoms with Crippen LogP contribution in [0.15, 0.2) is 231 Å². The van der Waals surface area contributed by atoms with Crippen molar-refractivity contribution in [3.8, 4) is 44.8 Å². The van der Waals surface area contributed by atoms with Crippen molar-refractivity contribution in [3.63, 3.8) is 0 Å². The van der Waals surface area contributed by atoms with Crippen molar-refractivity contribution in [1.82, 2.24) is 64.4 Å². The Morgan fingerprint density at radius 2 is 1.16 bits per heavy atom. The van der Waals surface area contributed by atoms with E-state index in [-0.39, 0.29) is 24.2 Å². The highest BCUT2D eigenvalue weighted by molar-refractivity contribution is 9.10. The van der Waals surface area contributed by atoms with Gasteiger partial charge in [0, 0.05) is 130 Å². The lowest BCUT2D eigenvalue weighted by atomic mass is 9.81. The second kappa shape index (κ2) is 28.8. The lowest BCUT2D eigenvalue weighted by Crippen LogP contribution is -2.29. The molecule has 13 aromatic rings. The molecule has 0 aliphatic heterocycles. The van der Waals surface area contributed by atoms with Gasteiger partial charge in [-0.2, -0.15) is 0 Å². The van der Waals surface area contributed by atoms with Crippen molar-refractivity contribution in [2.45, 2.75) is 13.5 Å². The molecule has 2 aromatic carbocycles. The summed E-state index contributed by atoms with van der Waals surface area (Å²) in [6.45, 7) is 2.17. The van der Waals surface area contributed by atoms with E-state index in [1.54, 1.807) is 86.1 Å². The highest BCUT2D eigenvalue weighted by Crippen LogP contribution is 2.30. The van der Waals surface area contributed by atoms with E-state index in [0.29, 0.717) is 17.1 Å². The zero-order valence-corrected chi connectivity index (χ0v) is 46.6. The van der Waals surface area contributed by atoms with E-state index >= 15 is 0 Å². The third kappa shape index (κ3) is 15.8. The summed E-state index contributed by atoms with van der Waals surface area (Å²) in [5, 5.41) is 25.9. The third-order valence-electron chi connectivity index (χ3n) is 12.2. The first-order valence-electron chi connectivity index (χ1n) is 25.5. The summed E-state index contributed by atoms with van der Waals surface area (Å²) >= 11 is 8.79. The second-order valence-corrected chi connectivity index (χ2v) is 18.9. The van der Waals surface area contributed by atoms with Gasteiger partial charge in [-0.05, 0) is 135 Å². The predicted octanol–water partition coefficient (Wildman–Crippen LogP) is 10.5. The van der Waals surface area contributed by atoms with E-state index < -0.39 is 7.12 Å². The number of carbonyl (C=O) groups excluding carboxylic acids is 2. The highest BCUT2D eigenvalue weighted by atomic mass is 79.9. The van der Waals surface area contributed by atoms with Gasteiger partial charge in [0.25, 0.3) is 0 Å². The Morgan fingerprint density at radius 1 is 0.542 bits per heavy atom. The maximum absolute atomic E-state index is 12.7. The van der Waals surface area contributed by atoms with Gasteiger partial charge >= 0.3 is 7.12 Å². The van der Waals surface area contributed by atoms with Crippen LogP contribution in [0.1, 0.15) is 5.69 Å². The van der Waals surface area contributed by atoms with E-state index in [1.807, 2.05) is 109 Å². The molecular formula is C61H50BBrClN15O4. The third-order valence-corrected chi connectivity index (χ3v) is 13.1. The smallest absolute Gasteiger partial charge is 0.423 e. The zero-order valence-electron chi connectivity index (χ0n) is 44.2. The van der Waals surface area contributed by atoms with Gasteiger partial charge in [0.05, 0.1) is 23.8 Å². The molecule has 83 heavy (non-hydrogen) atoms. The molecule has 2 amide bonds. The molecule has 22 heteroatoms. The molecule has 11 heterocycles. The van der Waals surface area contributed by atoms with Crippen LogP contribution in [0, 0.1) is 6.92 Å². The van der Waals surface area contributed by atoms with Crippen LogP contribution in [0.5, 0.6) is 0 Å². The number of aryl methyl sites for hydroxylation is 1. The molecule has 0 aliphatic carbocycles. The average Bonchev–Trinajstić information content (AvgIpc) is 4.53. The highest BCUT2D eigenvalue weighted by Gasteiger charge is 2.13.